The number of amides is 2. The van der Waals surface area contributed by atoms with Crippen molar-refractivity contribution in [3.05, 3.63) is 36.0 Å². The molecule has 2 amide bonds. The van der Waals surface area contributed by atoms with Gasteiger partial charge in [0, 0.05) is 29.2 Å². The van der Waals surface area contributed by atoms with Gasteiger partial charge in [-0.3, -0.25) is 5.21 Å². The lowest BCUT2D eigenvalue weighted by Gasteiger charge is -2.34. The van der Waals surface area contributed by atoms with Crippen LogP contribution in [-0.4, -0.2) is 54.3 Å². The Morgan fingerprint density at radius 3 is 3.00 bits per heavy atom. The van der Waals surface area contributed by atoms with E-state index in [1.807, 2.05) is 51.2 Å². The quantitative estimate of drug-likeness (QED) is 0.215. The van der Waals surface area contributed by atoms with E-state index in [0.29, 0.717) is 15.9 Å². The van der Waals surface area contributed by atoms with Crippen molar-refractivity contribution in [2.24, 2.45) is 5.10 Å². The highest BCUT2D eigenvalue weighted by atomic mass is 32.2. The number of nitrogens with zero attached hydrogens (tertiary/aromatic N) is 3. The minimum Gasteiger partial charge on any atom is -0.361 e. The first kappa shape index (κ1) is 20.6. The maximum atomic E-state index is 12.4. The van der Waals surface area contributed by atoms with Crippen LogP contribution in [-0.2, 0) is 0 Å². The van der Waals surface area contributed by atoms with E-state index in [1.54, 1.807) is 6.21 Å². The van der Waals surface area contributed by atoms with Crippen molar-refractivity contribution in [1.29, 1.82) is 0 Å². The number of aromatic nitrogens is 1. The molecular formula is C19H25N5O2S2. The molecule has 0 unspecified atom stereocenters. The topological polar surface area (TPSA) is 84.0 Å². The van der Waals surface area contributed by atoms with Gasteiger partial charge in [-0.1, -0.05) is 55.5 Å². The predicted octanol–water partition coefficient (Wildman–Crippen LogP) is 4.14. The van der Waals surface area contributed by atoms with E-state index in [9.17, 15) is 10.0 Å². The van der Waals surface area contributed by atoms with E-state index in [2.05, 4.69) is 15.4 Å². The molecule has 3 rings (SSSR count). The van der Waals surface area contributed by atoms with Crippen LogP contribution in [0.3, 0.4) is 0 Å². The number of aromatic amines is 1. The Labute approximate surface area is 174 Å². The molecule has 0 bridgehead atoms. The van der Waals surface area contributed by atoms with Crippen LogP contribution in [0.5, 0.6) is 0 Å². The van der Waals surface area contributed by atoms with Crippen LogP contribution in [0.4, 0.5) is 4.79 Å². The Balaban J connectivity index is 1.83. The zero-order chi connectivity index (χ0) is 20.3. The Morgan fingerprint density at radius 1 is 1.50 bits per heavy atom. The van der Waals surface area contributed by atoms with E-state index in [1.165, 1.54) is 16.8 Å². The van der Waals surface area contributed by atoms with Crippen molar-refractivity contribution >= 4 is 51.4 Å². The average Bonchev–Trinajstić information content (AvgIpc) is 3.16. The van der Waals surface area contributed by atoms with Gasteiger partial charge in [0.15, 0.2) is 10.5 Å². The van der Waals surface area contributed by atoms with Gasteiger partial charge in [-0.15, -0.1) is 0 Å². The second kappa shape index (κ2) is 8.50. The molecule has 1 fully saturated rings. The number of hydrogen-bond acceptors (Lipinski definition) is 5. The molecule has 1 atom stereocenters. The average molecular weight is 420 g/mol. The monoisotopic (exact) mass is 419 g/mol. The van der Waals surface area contributed by atoms with Crippen molar-refractivity contribution in [3.8, 4) is 0 Å². The number of carbonyl (C=O) groups excluding carboxylic acids is 1. The third-order valence-electron chi connectivity index (χ3n) is 4.58. The van der Waals surface area contributed by atoms with E-state index >= 15 is 0 Å². The van der Waals surface area contributed by atoms with Crippen LogP contribution in [0, 0.1) is 0 Å². The van der Waals surface area contributed by atoms with E-state index in [4.69, 9.17) is 12.2 Å². The highest BCUT2D eigenvalue weighted by Crippen LogP contribution is 2.42. The van der Waals surface area contributed by atoms with Crippen molar-refractivity contribution < 1.29 is 10.0 Å². The Bertz CT molecular complexity index is 895. The van der Waals surface area contributed by atoms with Gasteiger partial charge < -0.3 is 10.3 Å². The Hall–Kier alpha value is -2.10. The summed E-state index contributed by atoms with van der Waals surface area (Å²) >= 11 is 6.88. The van der Waals surface area contributed by atoms with Crippen LogP contribution in [0.25, 0.3) is 10.9 Å². The van der Waals surface area contributed by atoms with Gasteiger partial charge in [-0.2, -0.15) is 10.2 Å². The second-order valence-corrected chi connectivity index (χ2v) is 9.44. The number of carbonyl (C=O) groups is 1. The van der Waals surface area contributed by atoms with Gasteiger partial charge in [-0.05, 0) is 26.3 Å². The summed E-state index contributed by atoms with van der Waals surface area (Å²) < 4.78 is -0.0163. The fourth-order valence-corrected chi connectivity index (χ4v) is 4.90. The van der Waals surface area contributed by atoms with E-state index in [0.717, 1.165) is 29.3 Å². The lowest BCUT2D eigenvalue weighted by Crippen LogP contribution is -2.55. The smallest absolute Gasteiger partial charge is 0.343 e. The standard InChI is InChI=1S/C19H25N5O2S2/c1-4-5-10-20-17(25)24(26)16-19(2,3)28-18(27)23(16)22-12-13-11-21-15-9-7-6-8-14(13)15/h6-9,11-12,16,21,26H,4-5,10H2,1-3H3,(H,20,25)/b22-12-/t16-/m1/s1. The number of hydrazone groups is 1. The number of thioether (sulfide) groups is 1. The summed E-state index contributed by atoms with van der Waals surface area (Å²) in [5.41, 5.74) is 1.92. The van der Waals surface area contributed by atoms with Crippen molar-refractivity contribution in [1.82, 2.24) is 20.4 Å². The lowest BCUT2D eigenvalue weighted by atomic mass is 10.1. The number of rotatable bonds is 6. The molecule has 9 heteroatoms. The maximum Gasteiger partial charge on any atom is 0.343 e. The van der Waals surface area contributed by atoms with Gasteiger partial charge in [0.2, 0.25) is 0 Å². The lowest BCUT2D eigenvalue weighted by molar-refractivity contribution is -0.118. The molecule has 0 saturated carbocycles. The molecular weight excluding hydrogens is 394 g/mol. The number of H-pyrrole nitrogens is 1. The predicted molar refractivity (Wildman–Crippen MR) is 118 cm³/mol. The summed E-state index contributed by atoms with van der Waals surface area (Å²) in [5.74, 6) is 0. The normalized spacial score (nSPS) is 18.9. The molecule has 0 aliphatic carbocycles. The largest absolute Gasteiger partial charge is 0.361 e. The van der Waals surface area contributed by atoms with Gasteiger partial charge in [0.25, 0.3) is 0 Å². The summed E-state index contributed by atoms with van der Waals surface area (Å²) in [7, 11) is 0. The van der Waals surface area contributed by atoms with Crippen LogP contribution < -0.4 is 5.32 Å². The first-order valence-corrected chi connectivity index (χ1v) is 10.5. The van der Waals surface area contributed by atoms with Crippen LogP contribution in [0.1, 0.15) is 39.2 Å². The number of hydroxylamine groups is 2. The molecule has 0 radical (unpaired) electrons. The van der Waals surface area contributed by atoms with Crippen molar-refractivity contribution in [3.63, 3.8) is 0 Å². The first-order chi connectivity index (χ1) is 13.3. The molecule has 3 N–H and O–H groups in total. The van der Waals surface area contributed by atoms with Crippen LogP contribution in [0.15, 0.2) is 35.6 Å². The van der Waals surface area contributed by atoms with Crippen LogP contribution >= 0.6 is 24.0 Å². The summed E-state index contributed by atoms with van der Waals surface area (Å²) in [4.78, 5) is 15.6. The number of fused-ring (bicyclic) bond motifs is 1. The molecule has 1 aromatic heterocycles. The number of unbranched alkanes of at least 4 members (excludes halogenated alkanes) is 1. The highest BCUT2D eigenvalue weighted by molar-refractivity contribution is 8.24. The third kappa shape index (κ3) is 4.16. The zero-order valence-corrected chi connectivity index (χ0v) is 17.8. The van der Waals surface area contributed by atoms with Gasteiger partial charge in [0.05, 0.1) is 11.0 Å². The number of benzene rings is 1. The van der Waals surface area contributed by atoms with E-state index < -0.39 is 16.9 Å². The molecule has 28 heavy (non-hydrogen) atoms. The molecule has 2 heterocycles. The number of urea groups is 1. The van der Waals surface area contributed by atoms with Crippen molar-refractivity contribution in [2.75, 3.05) is 6.54 Å². The van der Waals surface area contributed by atoms with Gasteiger partial charge in [0.1, 0.15) is 0 Å². The van der Waals surface area contributed by atoms with Crippen LogP contribution in [0.2, 0.25) is 0 Å². The number of hydrogen-bond donors (Lipinski definition) is 3. The maximum absolute atomic E-state index is 12.4. The Morgan fingerprint density at radius 2 is 2.25 bits per heavy atom. The molecule has 1 saturated heterocycles. The molecule has 150 valence electrons. The van der Waals surface area contributed by atoms with Gasteiger partial charge >= 0.3 is 6.03 Å². The molecule has 7 nitrogen and oxygen atoms in total. The van der Waals surface area contributed by atoms with E-state index in [-0.39, 0.29) is 0 Å². The molecule has 1 aliphatic rings. The molecule has 1 aliphatic heterocycles. The Kier molecular flexibility index (Phi) is 6.26. The first-order valence-electron chi connectivity index (χ1n) is 9.23. The third-order valence-corrected chi connectivity index (χ3v) is 6.12. The summed E-state index contributed by atoms with van der Waals surface area (Å²) in [6.07, 6.45) is 4.66. The van der Waals surface area contributed by atoms with Gasteiger partial charge in [-0.25, -0.2) is 9.80 Å². The fourth-order valence-electron chi connectivity index (χ4n) is 3.12. The number of thiocarbonyl (C=S) groups is 1. The fraction of sp³-hybridized carbons (Fsp3) is 0.421. The summed E-state index contributed by atoms with van der Waals surface area (Å²) in [6.45, 7) is 6.41. The number of nitrogens with one attached hydrogen (secondary N) is 2. The molecule has 0 spiro atoms. The SMILES string of the molecule is CCCCNC(=O)N(O)[C@H]1N(/N=C\c2c[nH]c3ccccc23)C(=S)SC1(C)C. The second-order valence-electron chi connectivity index (χ2n) is 7.15. The summed E-state index contributed by atoms with van der Waals surface area (Å²) in [5, 5.41) is 21.1. The molecule has 1 aromatic carbocycles. The zero-order valence-electron chi connectivity index (χ0n) is 16.2. The minimum absolute atomic E-state index is 0.506. The molecule has 2 aromatic rings. The summed E-state index contributed by atoms with van der Waals surface area (Å²) in [6, 6.07) is 7.37. The van der Waals surface area contributed by atoms with Crippen molar-refractivity contribution in [2.45, 2.75) is 44.5 Å². The highest BCUT2D eigenvalue weighted by Gasteiger charge is 2.49. The minimum atomic E-state index is -0.715. The number of para-hydroxylation sites is 1.